The zero-order chi connectivity index (χ0) is 28.1. The number of sulfonamides is 1. The molecule has 0 fully saturated rings. The number of aromatic nitrogens is 1. The lowest BCUT2D eigenvalue weighted by Gasteiger charge is -2.18. The van der Waals surface area contributed by atoms with Crippen LogP contribution in [-0.4, -0.2) is 30.4 Å². The van der Waals surface area contributed by atoms with Gasteiger partial charge in [0.1, 0.15) is 5.01 Å². The number of anilines is 1. The maximum absolute atomic E-state index is 13.6. The molecule has 0 radical (unpaired) electrons. The average Bonchev–Trinajstić information content (AvgIpc) is 3.42. The van der Waals surface area contributed by atoms with Gasteiger partial charge >= 0.3 is 0 Å². The van der Waals surface area contributed by atoms with Crippen molar-refractivity contribution in [3.63, 3.8) is 0 Å². The van der Waals surface area contributed by atoms with Gasteiger partial charge in [0, 0.05) is 16.8 Å². The largest absolute Gasteiger partial charge is 0.409 e. The molecule has 5 rings (SSSR count). The number of hydrogen-bond donors (Lipinski definition) is 4. The third-order valence-corrected chi connectivity index (χ3v) is 8.73. The second kappa shape index (κ2) is 11.7. The standard InChI is InChI=1S/C29H25N5O4S2/c30-27(33-36)21-11-6-8-19(16-21)17-25(29-32-24-14-4-5-15-26(24)39-29)34-40(37,38)23-13-7-12-22(18-23)31-28(35)20-9-2-1-3-10-20/h1-16,18,25,34,36H,17H2,(H2,30,33)(H,31,35). The molecule has 11 heteroatoms. The predicted octanol–water partition coefficient (Wildman–Crippen LogP) is 4.91. The minimum atomic E-state index is -4.04. The second-order valence-corrected chi connectivity index (χ2v) is 11.7. The first-order valence-electron chi connectivity index (χ1n) is 12.2. The molecule has 1 atom stereocenters. The molecule has 40 heavy (non-hydrogen) atoms. The lowest BCUT2D eigenvalue weighted by Crippen LogP contribution is -2.30. The molecule has 1 heterocycles. The molecule has 5 N–H and O–H groups in total. The number of hydrogen-bond acceptors (Lipinski definition) is 7. The smallest absolute Gasteiger partial charge is 0.255 e. The Morgan fingerprint density at radius 2 is 1.65 bits per heavy atom. The quantitative estimate of drug-likeness (QED) is 0.0856. The van der Waals surface area contributed by atoms with Crippen molar-refractivity contribution in [1.82, 2.24) is 9.71 Å². The molecule has 0 bridgehead atoms. The summed E-state index contributed by atoms with van der Waals surface area (Å²) < 4.78 is 31.0. The van der Waals surface area contributed by atoms with Crippen LogP contribution >= 0.6 is 11.3 Å². The number of fused-ring (bicyclic) bond motifs is 1. The molecule has 202 valence electrons. The number of nitrogens with zero attached hydrogens (tertiary/aromatic N) is 2. The summed E-state index contributed by atoms with van der Waals surface area (Å²) in [6.45, 7) is 0. The molecule has 0 saturated heterocycles. The van der Waals surface area contributed by atoms with Crippen LogP contribution in [0.3, 0.4) is 0 Å². The first-order valence-corrected chi connectivity index (χ1v) is 14.5. The van der Waals surface area contributed by atoms with E-state index in [1.54, 1.807) is 54.6 Å². The Morgan fingerprint density at radius 1 is 0.925 bits per heavy atom. The molecule has 0 aliphatic carbocycles. The van der Waals surface area contributed by atoms with Gasteiger partial charge in [0.15, 0.2) is 5.84 Å². The molecule has 9 nitrogen and oxygen atoms in total. The summed E-state index contributed by atoms with van der Waals surface area (Å²) in [6, 6.07) is 28.6. The van der Waals surface area contributed by atoms with Crippen LogP contribution in [0.1, 0.15) is 32.5 Å². The molecule has 4 aromatic carbocycles. The van der Waals surface area contributed by atoms with Gasteiger partial charge in [0.25, 0.3) is 5.91 Å². The van der Waals surface area contributed by atoms with Gasteiger partial charge in [-0.05, 0) is 60.5 Å². The van der Waals surface area contributed by atoms with Crippen LogP contribution in [0.4, 0.5) is 5.69 Å². The minimum Gasteiger partial charge on any atom is -0.409 e. The summed E-state index contributed by atoms with van der Waals surface area (Å²) in [6.07, 6.45) is 0.260. The van der Waals surface area contributed by atoms with Crippen molar-refractivity contribution in [3.8, 4) is 0 Å². The molecular formula is C29H25N5O4S2. The summed E-state index contributed by atoms with van der Waals surface area (Å²) >= 11 is 1.40. The van der Waals surface area contributed by atoms with E-state index in [2.05, 4.69) is 15.2 Å². The summed E-state index contributed by atoms with van der Waals surface area (Å²) in [4.78, 5) is 17.3. The zero-order valence-electron chi connectivity index (χ0n) is 21.1. The summed E-state index contributed by atoms with van der Waals surface area (Å²) in [7, 11) is -4.04. The van der Waals surface area contributed by atoms with Crippen molar-refractivity contribution in [1.29, 1.82) is 0 Å². The van der Waals surface area contributed by atoms with Crippen LogP contribution in [0.2, 0.25) is 0 Å². The number of nitrogens with two attached hydrogens (primary N) is 1. The van der Waals surface area contributed by atoms with Crippen LogP contribution in [0.25, 0.3) is 10.2 Å². The highest BCUT2D eigenvalue weighted by Crippen LogP contribution is 2.30. The predicted molar refractivity (Wildman–Crippen MR) is 156 cm³/mol. The Balaban J connectivity index is 1.45. The number of amidine groups is 1. The number of rotatable bonds is 9. The van der Waals surface area contributed by atoms with Crippen molar-refractivity contribution >= 4 is 49.0 Å². The van der Waals surface area contributed by atoms with Crippen molar-refractivity contribution in [3.05, 3.63) is 125 Å². The van der Waals surface area contributed by atoms with E-state index in [4.69, 9.17) is 15.9 Å². The Hall–Kier alpha value is -4.58. The summed E-state index contributed by atoms with van der Waals surface area (Å²) in [5.74, 6) is -0.394. The first-order chi connectivity index (χ1) is 19.3. The van der Waals surface area contributed by atoms with Gasteiger partial charge in [-0.15, -0.1) is 11.3 Å². The lowest BCUT2D eigenvalue weighted by molar-refractivity contribution is 0.102. The molecule has 5 aromatic rings. The Bertz CT molecular complexity index is 1770. The van der Waals surface area contributed by atoms with Gasteiger partial charge in [-0.1, -0.05) is 59.8 Å². The van der Waals surface area contributed by atoms with Crippen molar-refractivity contribution < 1.29 is 18.4 Å². The molecule has 0 aliphatic rings. The number of carbonyl (C=O) groups excluding carboxylic acids is 1. The summed E-state index contributed by atoms with van der Waals surface area (Å²) in [5.41, 5.74) is 8.61. The molecule has 0 spiro atoms. The van der Waals surface area contributed by atoms with Crippen LogP contribution in [0.5, 0.6) is 0 Å². The van der Waals surface area contributed by atoms with E-state index >= 15 is 0 Å². The van der Waals surface area contributed by atoms with Gasteiger partial charge < -0.3 is 16.3 Å². The number of nitrogens with one attached hydrogen (secondary N) is 2. The average molecular weight is 572 g/mol. The number of para-hydroxylation sites is 1. The molecule has 1 amide bonds. The van der Waals surface area contributed by atoms with Gasteiger partial charge in [0.05, 0.1) is 21.2 Å². The van der Waals surface area contributed by atoms with Crippen molar-refractivity contribution in [2.75, 3.05) is 5.32 Å². The molecule has 0 aliphatic heterocycles. The lowest BCUT2D eigenvalue weighted by atomic mass is 10.0. The maximum atomic E-state index is 13.6. The first kappa shape index (κ1) is 27.0. The van der Waals surface area contributed by atoms with E-state index in [1.165, 1.54) is 23.5 Å². The van der Waals surface area contributed by atoms with E-state index in [0.29, 0.717) is 21.8 Å². The zero-order valence-corrected chi connectivity index (χ0v) is 22.7. The van der Waals surface area contributed by atoms with E-state index in [-0.39, 0.29) is 23.1 Å². The highest BCUT2D eigenvalue weighted by Gasteiger charge is 2.25. The van der Waals surface area contributed by atoms with E-state index in [1.807, 2.05) is 36.4 Å². The summed E-state index contributed by atoms with van der Waals surface area (Å²) in [5, 5.41) is 15.5. The fraction of sp³-hybridized carbons (Fsp3) is 0.0690. The molecular weight excluding hydrogens is 546 g/mol. The van der Waals surface area contributed by atoms with Gasteiger partial charge in [-0.2, -0.15) is 0 Å². The van der Waals surface area contributed by atoms with Gasteiger partial charge in [-0.25, -0.2) is 18.1 Å². The topological polar surface area (TPSA) is 147 Å². The van der Waals surface area contributed by atoms with E-state index in [9.17, 15) is 13.2 Å². The van der Waals surface area contributed by atoms with Gasteiger partial charge in [0.2, 0.25) is 10.0 Å². The fourth-order valence-corrected chi connectivity index (χ4v) is 6.50. The third kappa shape index (κ3) is 6.18. The number of oxime groups is 1. The SMILES string of the molecule is N/C(=N/O)c1cccc(CC(NS(=O)(=O)c2cccc(NC(=O)c3ccccc3)c2)c2nc3ccccc3s2)c1. The van der Waals surface area contributed by atoms with Crippen LogP contribution in [0.15, 0.2) is 113 Å². The second-order valence-electron chi connectivity index (χ2n) is 8.93. The Labute approximate surface area is 235 Å². The molecule has 1 aromatic heterocycles. The van der Waals surface area contributed by atoms with Crippen LogP contribution in [-0.2, 0) is 16.4 Å². The minimum absolute atomic E-state index is 0.00474. The van der Waals surface area contributed by atoms with E-state index in [0.717, 1.165) is 15.8 Å². The number of benzene rings is 4. The van der Waals surface area contributed by atoms with Crippen molar-refractivity contribution in [2.45, 2.75) is 17.4 Å². The Morgan fingerprint density at radius 3 is 2.42 bits per heavy atom. The maximum Gasteiger partial charge on any atom is 0.255 e. The van der Waals surface area contributed by atoms with Crippen LogP contribution in [0, 0.1) is 0 Å². The number of amides is 1. The van der Waals surface area contributed by atoms with Crippen LogP contribution < -0.4 is 15.8 Å². The number of thiazole rings is 1. The molecule has 0 saturated carbocycles. The highest BCUT2D eigenvalue weighted by molar-refractivity contribution is 7.89. The number of carbonyl (C=O) groups is 1. The van der Waals surface area contributed by atoms with Crippen molar-refractivity contribution in [2.24, 2.45) is 10.9 Å². The van der Waals surface area contributed by atoms with E-state index < -0.39 is 16.1 Å². The highest BCUT2D eigenvalue weighted by atomic mass is 32.2. The monoisotopic (exact) mass is 571 g/mol. The Kier molecular flexibility index (Phi) is 7.87. The normalized spacial score (nSPS) is 12.8. The molecule has 1 unspecified atom stereocenters. The van der Waals surface area contributed by atoms with Gasteiger partial charge in [-0.3, -0.25) is 4.79 Å². The third-order valence-electron chi connectivity index (χ3n) is 6.11. The fourth-order valence-electron chi connectivity index (χ4n) is 4.16.